The maximum Gasteiger partial charge on any atom is 0.224 e. The Labute approximate surface area is 128 Å². The van der Waals surface area contributed by atoms with E-state index in [-0.39, 0.29) is 5.91 Å². The molecule has 0 atom stereocenters. The van der Waals surface area contributed by atoms with Crippen LogP contribution in [0.2, 0.25) is 0 Å². The molecule has 1 saturated heterocycles. The quantitative estimate of drug-likeness (QED) is 0.914. The van der Waals surface area contributed by atoms with Gasteiger partial charge >= 0.3 is 0 Å². The highest BCUT2D eigenvalue weighted by Gasteiger charge is 2.14. The lowest BCUT2D eigenvalue weighted by Gasteiger charge is -2.29. The zero-order valence-electron chi connectivity index (χ0n) is 12.0. The minimum atomic E-state index is 0.0611. The van der Waals surface area contributed by atoms with Crippen LogP contribution in [0.4, 0.5) is 11.4 Å². The third kappa shape index (κ3) is 4.21. The lowest BCUT2D eigenvalue weighted by Crippen LogP contribution is -2.36. The van der Waals surface area contributed by atoms with Gasteiger partial charge in [0.2, 0.25) is 5.91 Å². The Bertz CT molecular complexity index is 471. The van der Waals surface area contributed by atoms with Crippen molar-refractivity contribution in [3.63, 3.8) is 0 Å². The highest BCUT2D eigenvalue weighted by atomic mass is 79.9. The van der Waals surface area contributed by atoms with E-state index in [9.17, 15) is 4.79 Å². The largest absolute Gasteiger partial charge is 0.378 e. The van der Waals surface area contributed by atoms with E-state index >= 15 is 0 Å². The summed E-state index contributed by atoms with van der Waals surface area (Å²) in [6, 6.07) is 5.96. The van der Waals surface area contributed by atoms with Crippen molar-refractivity contribution >= 4 is 33.2 Å². The molecular weight excluding hydrogens is 320 g/mol. The van der Waals surface area contributed by atoms with Crippen LogP contribution in [0.15, 0.2) is 22.7 Å². The summed E-state index contributed by atoms with van der Waals surface area (Å²) < 4.78 is 6.36. The van der Waals surface area contributed by atoms with Crippen LogP contribution in [0, 0.1) is 5.92 Å². The zero-order valence-corrected chi connectivity index (χ0v) is 13.6. The van der Waals surface area contributed by atoms with Crippen molar-refractivity contribution in [2.75, 3.05) is 36.5 Å². The zero-order chi connectivity index (χ0) is 14.5. The van der Waals surface area contributed by atoms with Crippen LogP contribution in [0.1, 0.15) is 20.3 Å². The second kappa shape index (κ2) is 7.09. The van der Waals surface area contributed by atoms with Crippen molar-refractivity contribution in [3.05, 3.63) is 22.7 Å². The second-order valence-electron chi connectivity index (χ2n) is 5.41. The Morgan fingerprint density at radius 3 is 2.70 bits per heavy atom. The first-order chi connectivity index (χ1) is 9.56. The molecule has 1 heterocycles. The number of nitrogens with one attached hydrogen (secondary N) is 1. The summed E-state index contributed by atoms with van der Waals surface area (Å²) in [7, 11) is 0. The van der Waals surface area contributed by atoms with Gasteiger partial charge < -0.3 is 15.0 Å². The molecule has 1 aromatic carbocycles. The Hall–Kier alpha value is -1.07. The summed E-state index contributed by atoms with van der Waals surface area (Å²) in [5.41, 5.74) is 1.98. The average molecular weight is 341 g/mol. The van der Waals surface area contributed by atoms with Crippen molar-refractivity contribution in [1.29, 1.82) is 0 Å². The third-order valence-corrected chi connectivity index (χ3v) is 3.81. The molecule has 0 saturated carbocycles. The number of benzene rings is 1. The predicted octanol–water partition coefficient (Wildman–Crippen LogP) is 3.27. The number of hydrogen-bond acceptors (Lipinski definition) is 3. The van der Waals surface area contributed by atoms with Gasteiger partial charge in [0.1, 0.15) is 0 Å². The molecule has 0 radical (unpaired) electrons. The summed E-state index contributed by atoms with van der Waals surface area (Å²) in [4.78, 5) is 14.1. The fraction of sp³-hybridized carbons (Fsp3) is 0.533. The van der Waals surface area contributed by atoms with Crippen LogP contribution >= 0.6 is 15.9 Å². The molecule has 4 nitrogen and oxygen atoms in total. The van der Waals surface area contributed by atoms with Gasteiger partial charge in [-0.3, -0.25) is 4.79 Å². The van der Waals surface area contributed by atoms with Gasteiger partial charge in [0.15, 0.2) is 0 Å². The molecule has 5 heteroatoms. The summed E-state index contributed by atoms with van der Waals surface area (Å²) in [6.07, 6.45) is 0.544. The number of rotatable bonds is 4. The highest BCUT2D eigenvalue weighted by molar-refractivity contribution is 9.10. The first-order valence-corrected chi connectivity index (χ1v) is 7.77. The van der Waals surface area contributed by atoms with Crippen LogP contribution < -0.4 is 10.2 Å². The van der Waals surface area contributed by atoms with E-state index in [4.69, 9.17) is 4.74 Å². The van der Waals surface area contributed by atoms with Gasteiger partial charge in [-0.1, -0.05) is 13.8 Å². The number of amides is 1. The summed E-state index contributed by atoms with van der Waals surface area (Å²) in [6.45, 7) is 7.40. The first-order valence-electron chi connectivity index (χ1n) is 6.98. The third-order valence-electron chi connectivity index (χ3n) is 3.18. The number of hydrogen-bond donors (Lipinski definition) is 1. The average Bonchev–Trinajstić information content (AvgIpc) is 2.38. The molecule has 1 aliphatic rings. The number of nitrogens with zero attached hydrogens (tertiary/aromatic N) is 1. The van der Waals surface area contributed by atoms with Crippen LogP contribution in [0.3, 0.4) is 0 Å². The van der Waals surface area contributed by atoms with E-state index in [1.165, 1.54) is 0 Å². The van der Waals surface area contributed by atoms with Crippen molar-refractivity contribution in [2.45, 2.75) is 20.3 Å². The molecule has 20 heavy (non-hydrogen) atoms. The lowest BCUT2D eigenvalue weighted by atomic mass is 10.1. The first kappa shape index (κ1) is 15.3. The molecule has 0 bridgehead atoms. The van der Waals surface area contributed by atoms with E-state index in [1.54, 1.807) is 0 Å². The molecule has 1 aromatic rings. The highest BCUT2D eigenvalue weighted by Crippen LogP contribution is 2.30. The van der Waals surface area contributed by atoms with Crippen molar-refractivity contribution in [2.24, 2.45) is 5.92 Å². The Balaban J connectivity index is 2.03. The van der Waals surface area contributed by atoms with Crippen LogP contribution in [0.5, 0.6) is 0 Å². The van der Waals surface area contributed by atoms with E-state index in [1.807, 2.05) is 32.0 Å². The standard InChI is InChI=1S/C15H21BrN2O2/c1-11(2)9-15(19)17-12-3-4-14(13(16)10-12)18-5-7-20-8-6-18/h3-4,10-11H,5-9H2,1-2H3,(H,17,19). The summed E-state index contributed by atoms with van der Waals surface area (Å²) >= 11 is 3.59. The molecule has 0 unspecified atom stereocenters. The lowest BCUT2D eigenvalue weighted by molar-refractivity contribution is -0.116. The fourth-order valence-electron chi connectivity index (χ4n) is 2.23. The smallest absolute Gasteiger partial charge is 0.224 e. The van der Waals surface area contributed by atoms with Gasteiger partial charge in [-0.15, -0.1) is 0 Å². The second-order valence-corrected chi connectivity index (χ2v) is 6.27. The van der Waals surface area contributed by atoms with Crippen LogP contribution in [-0.2, 0) is 9.53 Å². The van der Waals surface area contributed by atoms with Gasteiger partial charge in [0, 0.05) is 29.7 Å². The van der Waals surface area contributed by atoms with Gasteiger partial charge in [0.05, 0.1) is 18.9 Å². The number of carbonyl (C=O) groups excluding carboxylic acids is 1. The minimum Gasteiger partial charge on any atom is -0.378 e. The van der Waals surface area contributed by atoms with Gasteiger partial charge in [0.25, 0.3) is 0 Å². The SMILES string of the molecule is CC(C)CC(=O)Nc1ccc(N2CCOCC2)c(Br)c1. The molecule has 1 aliphatic heterocycles. The van der Waals surface area contributed by atoms with E-state index < -0.39 is 0 Å². The molecule has 1 N–H and O–H groups in total. The Morgan fingerprint density at radius 1 is 1.40 bits per heavy atom. The van der Waals surface area contributed by atoms with Crippen LogP contribution in [0.25, 0.3) is 0 Å². The van der Waals surface area contributed by atoms with E-state index in [2.05, 4.69) is 26.1 Å². The molecular formula is C15H21BrN2O2. The van der Waals surface area contributed by atoms with Gasteiger partial charge in [-0.25, -0.2) is 0 Å². The summed E-state index contributed by atoms with van der Waals surface area (Å²) in [5, 5.41) is 2.93. The van der Waals surface area contributed by atoms with Crippen molar-refractivity contribution < 1.29 is 9.53 Å². The number of anilines is 2. The number of ether oxygens (including phenoxy) is 1. The van der Waals surface area contributed by atoms with Gasteiger partial charge in [-0.2, -0.15) is 0 Å². The summed E-state index contributed by atoms with van der Waals surface area (Å²) in [5.74, 6) is 0.428. The normalized spacial score (nSPS) is 15.5. The Morgan fingerprint density at radius 2 is 2.10 bits per heavy atom. The maximum atomic E-state index is 11.8. The molecule has 110 valence electrons. The molecule has 1 amide bonds. The molecule has 0 aromatic heterocycles. The molecule has 1 fully saturated rings. The van der Waals surface area contributed by atoms with Crippen LogP contribution in [-0.4, -0.2) is 32.2 Å². The predicted molar refractivity (Wildman–Crippen MR) is 85.3 cm³/mol. The number of carbonyl (C=O) groups is 1. The molecule has 2 rings (SSSR count). The topological polar surface area (TPSA) is 41.6 Å². The molecule has 0 spiro atoms. The minimum absolute atomic E-state index is 0.0611. The number of morpholine rings is 1. The molecule has 0 aliphatic carbocycles. The van der Waals surface area contributed by atoms with E-state index in [0.717, 1.165) is 42.2 Å². The van der Waals surface area contributed by atoms with E-state index in [0.29, 0.717) is 12.3 Å². The van der Waals surface area contributed by atoms with Gasteiger partial charge in [-0.05, 0) is 40.0 Å². The van der Waals surface area contributed by atoms with Crippen molar-refractivity contribution in [1.82, 2.24) is 0 Å². The maximum absolute atomic E-state index is 11.8. The van der Waals surface area contributed by atoms with Crippen molar-refractivity contribution in [3.8, 4) is 0 Å². The monoisotopic (exact) mass is 340 g/mol. The Kier molecular flexibility index (Phi) is 5.43. The number of halogens is 1. The fourth-order valence-corrected chi connectivity index (χ4v) is 2.86.